The summed E-state index contributed by atoms with van der Waals surface area (Å²) in [6.07, 6.45) is 3.53. The van der Waals surface area contributed by atoms with Gasteiger partial charge in [-0.05, 0) is 66.9 Å². The fraction of sp³-hybridized carbons (Fsp3) is 0.308. The molecule has 0 aliphatic carbocycles. The normalized spacial score (nSPS) is 15.9. The second-order valence-corrected chi connectivity index (χ2v) is 8.18. The molecule has 6 heteroatoms. The molecular weight excluding hydrogens is 404 g/mol. The van der Waals surface area contributed by atoms with Gasteiger partial charge < -0.3 is 19.0 Å². The van der Waals surface area contributed by atoms with Gasteiger partial charge in [0, 0.05) is 37.2 Å². The Balaban J connectivity index is 1.45. The van der Waals surface area contributed by atoms with Crippen molar-refractivity contribution in [2.75, 3.05) is 27.2 Å². The van der Waals surface area contributed by atoms with Crippen LogP contribution in [0.1, 0.15) is 50.8 Å². The quantitative estimate of drug-likeness (QED) is 0.572. The summed E-state index contributed by atoms with van der Waals surface area (Å²) >= 11 is 0. The first kappa shape index (κ1) is 21.7. The van der Waals surface area contributed by atoms with Crippen LogP contribution in [0.2, 0.25) is 0 Å². The Morgan fingerprint density at radius 2 is 1.91 bits per heavy atom. The Labute approximate surface area is 188 Å². The lowest BCUT2D eigenvalue weighted by atomic mass is 9.89. The minimum atomic E-state index is -0.0507. The average Bonchev–Trinajstić information content (AvgIpc) is 3.36. The van der Waals surface area contributed by atoms with E-state index >= 15 is 0 Å². The van der Waals surface area contributed by atoms with Crippen LogP contribution in [-0.2, 0) is 6.54 Å². The maximum atomic E-state index is 13.0. The molecular formula is C26H28N2O4. The molecule has 0 bridgehead atoms. The van der Waals surface area contributed by atoms with E-state index in [0.29, 0.717) is 24.2 Å². The molecule has 0 saturated carbocycles. The molecule has 4 rings (SSSR count). The standard InChI is InChI=1S/C26H28N2O4/c1-27(18-24-9-5-15-32-24)25(29)21-7-3-6-20(16-21)22-8-4-14-28(17-22)26(30)19-10-12-23(31-2)13-11-19/h3,5-7,9-13,15-16,22H,4,8,14,17-18H2,1-2H3/t22-/m0/s1. The molecule has 0 radical (unpaired) electrons. The highest BCUT2D eigenvalue weighted by molar-refractivity contribution is 5.95. The molecule has 0 spiro atoms. The first-order valence-electron chi connectivity index (χ1n) is 10.9. The molecule has 2 heterocycles. The molecule has 32 heavy (non-hydrogen) atoms. The number of likely N-dealkylation sites (tertiary alicyclic amines) is 1. The third-order valence-corrected chi connectivity index (χ3v) is 5.97. The van der Waals surface area contributed by atoms with Crippen molar-refractivity contribution in [3.63, 3.8) is 0 Å². The molecule has 1 aliphatic rings. The van der Waals surface area contributed by atoms with Crippen LogP contribution in [-0.4, -0.2) is 48.9 Å². The zero-order chi connectivity index (χ0) is 22.5. The van der Waals surface area contributed by atoms with E-state index in [1.54, 1.807) is 37.5 Å². The van der Waals surface area contributed by atoms with Crippen LogP contribution in [0.5, 0.6) is 5.75 Å². The Morgan fingerprint density at radius 3 is 2.62 bits per heavy atom. The Morgan fingerprint density at radius 1 is 1.09 bits per heavy atom. The Hall–Kier alpha value is -3.54. The summed E-state index contributed by atoms with van der Waals surface area (Å²) in [4.78, 5) is 29.5. The summed E-state index contributed by atoms with van der Waals surface area (Å²) in [5.74, 6) is 1.66. The summed E-state index contributed by atoms with van der Waals surface area (Å²) < 4.78 is 10.5. The van der Waals surface area contributed by atoms with Gasteiger partial charge in [0.2, 0.25) is 0 Å². The van der Waals surface area contributed by atoms with Gasteiger partial charge >= 0.3 is 0 Å². The molecule has 1 aromatic heterocycles. The van der Waals surface area contributed by atoms with Crippen molar-refractivity contribution in [2.24, 2.45) is 0 Å². The molecule has 2 amide bonds. The number of nitrogens with zero attached hydrogens (tertiary/aromatic N) is 2. The first-order chi connectivity index (χ1) is 15.5. The van der Waals surface area contributed by atoms with Crippen LogP contribution in [0, 0.1) is 0 Å². The van der Waals surface area contributed by atoms with Crippen molar-refractivity contribution < 1.29 is 18.7 Å². The number of piperidine rings is 1. The molecule has 166 valence electrons. The van der Waals surface area contributed by atoms with Crippen molar-refractivity contribution in [3.8, 4) is 5.75 Å². The highest BCUT2D eigenvalue weighted by Gasteiger charge is 2.26. The number of hydrogen-bond donors (Lipinski definition) is 0. The smallest absolute Gasteiger partial charge is 0.254 e. The third-order valence-electron chi connectivity index (χ3n) is 5.97. The van der Waals surface area contributed by atoms with Crippen LogP contribution < -0.4 is 4.74 Å². The number of benzene rings is 2. The fourth-order valence-electron chi connectivity index (χ4n) is 4.20. The van der Waals surface area contributed by atoms with Crippen LogP contribution in [0.15, 0.2) is 71.3 Å². The predicted molar refractivity (Wildman–Crippen MR) is 122 cm³/mol. The van der Waals surface area contributed by atoms with E-state index in [1.165, 1.54) is 0 Å². The predicted octanol–water partition coefficient (Wildman–Crippen LogP) is 4.58. The van der Waals surface area contributed by atoms with E-state index in [-0.39, 0.29) is 17.7 Å². The van der Waals surface area contributed by atoms with Crippen molar-refractivity contribution in [3.05, 3.63) is 89.4 Å². The molecule has 1 fully saturated rings. The van der Waals surface area contributed by atoms with Crippen LogP contribution in [0.25, 0.3) is 0 Å². The fourth-order valence-corrected chi connectivity index (χ4v) is 4.20. The zero-order valence-corrected chi connectivity index (χ0v) is 18.5. The van der Waals surface area contributed by atoms with Crippen LogP contribution in [0.4, 0.5) is 0 Å². The van der Waals surface area contributed by atoms with Crippen LogP contribution >= 0.6 is 0 Å². The highest BCUT2D eigenvalue weighted by atomic mass is 16.5. The van der Waals surface area contributed by atoms with Crippen LogP contribution in [0.3, 0.4) is 0 Å². The first-order valence-corrected chi connectivity index (χ1v) is 10.9. The van der Waals surface area contributed by atoms with Gasteiger partial charge in [-0.2, -0.15) is 0 Å². The van der Waals surface area contributed by atoms with E-state index in [1.807, 2.05) is 47.4 Å². The number of methoxy groups -OCH3 is 1. The number of hydrogen-bond acceptors (Lipinski definition) is 4. The van der Waals surface area contributed by atoms with E-state index in [4.69, 9.17) is 9.15 Å². The van der Waals surface area contributed by atoms with Gasteiger partial charge in [-0.1, -0.05) is 12.1 Å². The summed E-state index contributed by atoms with van der Waals surface area (Å²) in [7, 11) is 3.38. The summed E-state index contributed by atoms with van der Waals surface area (Å²) in [6.45, 7) is 1.81. The van der Waals surface area contributed by atoms with E-state index in [9.17, 15) is 9.59 Å². The van der Waals surface area contributed by atoms with Gasteiger partial charge in [0.1, 0.15) is 11.5 Å². The van der Waals surface area contributed by atoms with Gasteiger partial charge in [-0.3, -0.25) is 9.59 Å². The zero-order valence-electron chi connectivity index (χ0n) is 18.5. The molecule has 0 N–H and O–H groups in total. The number of rotatable bonds is 6. The van der Waals surface area contributed by atoms with Crippen molar-refractivity contribution >= 4 is 11.8 Å². The highest BCUT2D eigenvalue weighted by Crippen LogP contribution is 2.29. The third kappa shape index (κ3) is 4.85. The average molecular weight is 433 g/mol. The van der Waals surface area contributed by atoms with Crippen molar-refractivity contribution in [1.82, 2.24) is 9.80 Å². The summed E-state index contributed by atoms with van der Waals surface area (Å²) in [6, 6.07) is 18.7. The van der Waals surface area contributed by atoms with E-state index < -0.39 is 0 Å². The largest absolute Gasteiger partial charge is 0.497 e. The molecule has 6 nitrogen and oxygen atoms in total. The second kappa shape index (κ2) is 9.73. The maximum absolute atomic E-state index is 13.0. The lowest BCUT2D eigenvalue weighted by Gasteiger charge is -2.33. The van der Waals surface area contributed by atoms with Gasteiger partial charge in [0.05, 0.1) is 19.9 Å². The van der Waals surface area contributed by atoms with Gasteiger partial charge in [0.15, 0.2) is 0 Å². The summed E-state index contributed by atoms with van der Waals surface area (Å²) in [5, 5.41) is 0. The van der Waals surface area contributed by atoms with Gasteiger partial charge in [0.25, 0.3) is 11.8 Å². The van der Waals surface area contributed by atoms with Gasteiger partial charge in [-0.25, -0.2) is 0 Å². The minimum Gasteiger partial charge on any atom is -0.497 e. The lowest BCUT2D eigenvalue weighted by molar-refractivity contribution is 0.0705. The number of furan rings is 1. The molecule has 1 atom stereocenters. The summed E-state index contributed by atoms with van der Waals surface area (Å²) in [5.41, 5.74) is 2.40. The monoisotopic (exact) mass is 432 g/mol. The van der Waals surface area contributed by atoms with Crippen molar-refractivity contribution in [2.45, 2.75) is 25.3 Å². The number of carbonyl (C=O) groups excluding carboxylic acids is 2. The molecule has 2 aromatic carbocycles. The SMILES string of the molecule is COc1ccc(C(=O)N2CCC[C@H](c3cccc(C(=O)N(C)Cc4ccco4)c3)C2)cc1. The second-order valence-electron chi connectivity index (χ2n) is 8.18. The van der Waals surface area contributed by atoms with E-state index in [2.05, 4.69) is 6.07 Å². The molecule has 3 aromatic rings. The number of amides is 2. The number of ether oxygens (including phenoxy) is 1. The Kier molecular flexibility index (Phi) is 6.59. The lowest BCUT2D eigenvalue weighted by Crippen LogP contribution is -2.39. The van der Waals surface area contributed by atoms with Crippen molar-refractivity contribution in [1.29, 1.82) is 0 Å². The molecule has 0 unspecified atom stereocenters. The minimum absolute atomic E-state index is 0.0303. The molecule has 1 aliphatic heterocycles. The van der Waals surface area contributed by atoms with E-state index in [0.717, 1.165) is 36.5 Å². The Bertz CT molecular complexity index is 1060. The topological polar surface area (TPSA) is 63.0 Å². The van der Waals surface area contributed by atoms with Gasteiger partial charge in [-0.15, -0.1) is 0 Å². The maximum Gasteiger partial charge on any atom is 0.254 e. The molecule has 1 saturated heterocycles. The number of carbonyl (C=O) groups is 2.